The summed E-state index contributed by atoms with van der Waals surface area (Å²) in [6, 6.07) is 11.3. The highest BCUT2D eigenvalue weighted by Crippen LogP contribution is 2.50. The normalized spacial score (nSPS) is 21.2. The number of amides is 2. The number of benzene rings is 2. The number of carbonyl (C=O) groups is 3. The number of aliphatic imine (C=N–C) groups is 1. The van der Waals surface area contributed by atoms with Crippen LogP contribution in [0.25, 0.3) is 0 Å². The molecule has 2 aliphatic rings. The molecule has 1 aliphatic heterocycles. The van der Waals surface area contributed by atoms with Crippen LogP contribution in [0.15, 0.2) is 47.5 Å². The summed E-state index contributed by atoms with van der Waals surface area (Å²) < 4.78 is 14.1. The summed E-state index contributed by atoms with van der Waals surface area (Å²) in [6.07, 6.45) is 6.85. The van der Waals surface area contributed by atoms with Crippen molar-refractivity contribution in [3.8, 4) is 0 Å². The van der Waals surface area contributed by atoms with Gasteiger partial charge in [-0.3, -0.25) is 19.4 Å². The van der Waals surface area contributed by atoms with Crippen LogP contribution in [0.2, 0.25) is 5.02 Å². The number of unbranched alkanes of at least 4 members (excludes halogenated alkanes) is 1. The van der Waals surface area contributed by atoms with Crippen LogP contribution in [0.1, 0.15) is 113 Å². The van der Waals surface area contributed by atoms with E-state index in [1.54, 1.807) is 18.2 Å². The quantitative estimate of drug-likeness (QED) is 0.259. The van der Waals surface area contributed by atoms with Gasteiger partial charge in [-0.2, -0.15) is 0 Å². The van der Waals surface area contributed by atoms with Crippen molar-refractivity contribution in [2.75, 3.05) is 6.54 Å². The monoisotopic (exact) mass is 611 g/mol. The van der Waals surface area contributed by atoms with Gasteiger partial charge >= 0.3 is 5.97 Å². The predicted molar refractivity (Wildman–Crippen MR) is 167 cm³/mol. The molecule has 1 heterocycles. The summed E-state index contributed by atoms with van der Waals surface area (Å²) >= 11 is 6.14. The first-order valence-electron chi connectivity index (χ1n) is 15.4. The molecule has 1 aliphatic carbocycles. The smallest absolute Gasteiger partial charge is 0.305 e. The number of aliphatic carboxylic acids is 1. The van der Waals surface area contributed by atoms with Crippen molar-refractivity contribution in [3.05, 3.63) is 70.0 Å². The number of carboxylic acids is 1. The van der Waals surface area contributed by atoms with E-state index in [1.165, 1.54) is 12.1 Å². The van der Waals surface area contributed by atoms with Gasteiger partial charge in [-0.15, -0.1) is 0 Å². The molecule has 2 N–H and O–H groups in total. The molecule has 1 unspecified atom stereocenters. The number of hydrogen-bond donors (Lipinski definition) is 2. The lowest BCUT2D eigenvalue weighted by Gasteiger charge is -2.48. The van der Waals surface area contributed by atoms with Gasteiger partial charge in [0.2, 0.25) is 0 Å². The van der Waals surface area contributed by atoms with Crippen LogP contribution < -0.4 is 5.32 Å². The molecule has 1 fully saturated rings. The summed E-state index contributed by atoms with van der Waals surface area (Å²) in [5.41, 5.74) is 1.62. The minimum absolute atomic E-state index is 0.0448. The van der Waals surface area contributed by atoms with E-state index in [1.807, 2.05) is 17.0 Å². The largest absolute Gasteiger partial charge is 0.481 e. The first-order valence-corrected chi connectivity index (χ1v) is 15.8. The first-order chi connectivity index (χ1) is 20.4. The Balaban J connectivity index is 1.70. The van der Waals surface area contributed by atoms with Gasteiger partial charge in [-0.25, -0.2) is 4.39 Å². The molecular formula is C34H43ClFN3O4. The van der Waals surface area contributed by atoms with Crippen LogP contribution in [0.3, 0.4) is 0 Å². The topological polar surface area (TPSA) is 99.1 Å². The molecule has 1 spiro atoms. The zero-order valence-corrected chi connectivity index (χ0v) is 26.3. The van der Waals surface area contributed by atoms with Gasteiger partial charge in [0.05, 0.1) is 17.5 Å². The van der Waals surface area contributed by atoms with Crippen molar-refractivity contribution < 1.29 is 23.9 Å². The van der Waals surface area contributed by atoms with Gasteiger partial charge < -0.3 is 15.3 Å². The van der Waals surface area contributed by atoms with Crippen molar-refractivity contribution >= 4 is 35.1 Å². The lowest BCUT2D eigenvalue weighted by molar-refractivity contribution is -0.137. The molecule has 9 heteroatoms. The van der Waals surface area contributed by atoms with Gasteiger partial charge in [0.15, 0.2) is 0 Å². The summed E-state index contributed by atoms with van der Waals surface area (Å²) in [4.78, 5) is 44.9. The minimum Gasteiger partial charge on any atom is -0.481 e. The number of halogens is 2. The van der Waals surface area contributed by atoms with E-state index < -0.39 is 17.4 Å². The molecule has 1 atom stereocenters. The van der Waals surface area contributed by atoms with E-state index in [2.05, 4.69) is 33.0 Å². The molecule has 4 rings (SSSR count). The molecule has 0 saturated heterocycles. The third kappa shape index (κ3) is 7.11. The molecule has 232 valence electrons. The highest BCUT2D eigenvalue weighted by atomic mass is 35.5. The van der Waals surface area contributed by atoms with Crippen LogP contribution in [0.4, 0.5) is 4.39 Å². The lowest BCUT2D eigenvalue weighted by atomic mass is 9.67. The minimum atomic E-state index is -0.976. The Morgan fingerprint density at radius 1 is 1.16 bits per heavy atom. The third-order valence-corrected chi connectivity index (χ3v) is 9.80. The van der Waals surface area contributed by atoms with E-state index in [0.29, 0.717) is 22.8 Å². The number of hydrogen-bond acceptors (Lipinski definition) is 4. The second-order valence-corrected chi connectivity index (χ2v) is 13.0. The molecule has 2 aromatic carbocycles. The van der Waals surface area contributed by atoms with Gasteiger partial charge in [-0.05, 0) is 79.3 Å². The molecule has 7 nitrogen and oxygen atoms in total. The van der Waals surface area contributed by atoms with E-state index in [-0.39, 0.29) is 41.3 Å². The zero-order chi connectivity index (χ0) is 31.4. The van der Waals surface area contributed by atoms with Gasteiger partial charge in [0.1, 0.15) is 17.2 Å². The Morgan fingerprint density at radius 2 is 1.84 bits per heavy atom. The van der Waals surface area contributed by atoms with Crippen molar-refractivity contribution in [2.45, 2.75) is 97.2 Å². The zero-order valence-electron chi connectivity index (χ0n) is 25.6. The Kier molecular flexibility index (Phi) is 10.3. The Morgan fingerprint density at radius 3 is 2.42 bits per heavy atom. The van der Waals surface area contributed by atoms with E-state index in [9.17, 15) is 18.8 Å². The van der Waals surface area contributed by atoms with Crippen LogP contribution in [0, 0.1) is 17.2 Å². The average Bonchev–Trinajstić information content (AvgIpc) is 3.26. The Labute approximate surface area is 258 Å². The Hall–Kier alpha value is -3.26. The molecule has 0 aromatic heterocycles. The van der Waals surface area contributed by atoms with Gasteiger partial charge in [-0.1, -0.05) is 70.7 Å². The number of nitrogens with zero attached hydrogens (tertiary/aromatic N) is 2. The summed E-state index contributed by atoms with van der Waals surface area (Å²) in [6.45, 7) is 9.01. The van der Waals surface area contributed by atoms with Crippen LogP contribution in [0.5, 0.6) is 0 Å². The molecule has 2 aromatic rings. The van der Waals surface area contributed by atoms with Crippen molar-refractivity contribution in [2.24, 2.45) is 16.3 Å². The van der Waals surface area contributed by atoms with Crippen molar-refractivity contribution in [1.29, 1.82) is 0 Å². The van der Waals surface area contributed by atoms with Crippen molar-refractivity contribution in [1.82, 2.24) is 10.2 Å². The molecular weight excluding hydrogens is 569 g/mol. The number of carbonyl (C=O) groups excluding carboxylic acids is 2. The van der Waals surface area contributed by atoms with E-state index in [4.69, 9.17) is 21.7 Å². The fourth-order valence-electron chi connectivity index (χ4n) is 6.46. The number of rotatable bonds is 12. The van der Waals surface area contributed by atoms with Crippen LogP contribution >= 0.6 is 11.6 Å². The maximum atomic E-state index is 14.4. The first kappa shape index (κ1) is 32.6. The third-order valence-electron chi connectivity index (χ3n) is 9.51. The van der Waals surface area contributed by atoms with Crippen LogP contribution in [-0.2, 0) is 9.59 Å². The highest BCUT2D eigenvalue weighted by molar-refractivity contribution is 6.47. The SMILES string of the molecule is CCCCC(c1ccc(C(=O)NCCC(=O)O)cc1)N1C(=O)C(c2ccc(F)c(Cl)c2)=NC12CCC(C(C)(C)CC)CC2. The number of nitrogens with one attached hydrogen (secondary N) is 1. The molecule has 1 saturated carbocycles. The standard InChI is InChI=1S/C34H43ClFN3O4/c1-5-7-8-28(22-9-11-23(12-10-22)31(42)37-20-17-29(40)41)39-32(43)30(24-13-14-27(36)26(35)21-24)38-34(39)18-15-25(16-19-34)33(3,4)6-2/h9-14,21,25,28H,5-8,15-20H2,1-4H3,(H,37,42)(H,40,41). The molecule has 2 amide bonds. The fourth-order valence-corrected chi connectivity index (χ4v) is 6.64. The maximum Gasteiger partial charge on any atom is 0.305 e. The summed E-state index contributed by atoms with van der Waals surface area (Å²) in [5.74, 6) is -1.53. The molecule has 0 bridgehead atoms. The van der Waals surface area contributed by atoms with E-state index in [0.717, 1.165) is 56.9 Å². The van der Waals surface area contributed by atoms with Crippen molar-refractivity contribution in [3.63, 3.8) is 0 Å². The van der Waals surface area contributed by atoms with Gasteiger partial charge in [0.25, 0.3) is 11.8 Å². The second kappa shape index (κ2) is 13.6. The fraction of sp³-hybridized carbons (Fsp3) is 0.529. The summed E-state index contributed by atoms with van der Waals surface area (Å²) in [7, 11) is 0. The second-order valence-electron chi connectivity index (χ2n) is 12.5. The average molecular weight is 612 g/mol. The maximum absolute atomic E-state index is 14.4. The van der Waals surface area contributed by atoms with Gasteiger partial charge in [0, 0.05) is 17.7 Å². The summed E-state index contributed by atoms with van der Waals surface area (Å²) in [5, 5.41) is 11.5. The van der Waals surface area contributed by atoms with Crippen LogP contribution in [-0.4, -0.2) is 45.7 Å². The predicted octanol–water partition coefficient (Wildman–Crippen LogP) is 7.57. The molecule has 0 radical (unpaired) electrons. The van der Waals surface area contributed by atoms with E-state index >= 15 is 0 Å². The highest BCUT2D eigenvalue weighted by Gasteiger charge is 2.52. The Bertz CT molecular complexity index is 1370. The number of carboxylic acid groups (broad SMARTS) is 1. The lowest BCUT2D eigenvalue weighted by Crippen LogP contribution is -2.51. The molecule has 43 heavy (non-hydrogen) atoms.